The van der Waals surface area contributed by atoms with Crippen LogP contribution in [-0.2, 0) is 5.41 Å². The molecule has 0 amide bonds. The fourth-order valence-corrected chi connectivity index (χ4v) is 6.51. The largest absolute Gasteiger partial charge is 0.0840 e. The minimum absolute atomic E-state index is 0.00659. The first kappa shape index (κ1) is 26.1. The Morgan fingerprint density at radius 2 is 0.850 bits per heavy atom. The minimum Gasteiger partial charge on any atom is -0.0840 e. The molecule has 6 rings (SSSR count). The van der Waals surface area contributed by atoms with Crippen LogP contribution < -0.4 is 0 Å². The molecule has 0 nitrogen and oxygen atoms in total. The van der Waals surface area contributed by atoms with E-state index >= 15 is 0 Å². The van der Waals surface area contributed by atoms with E-state index in [1.54, 1.807) is 0 Å². The van der Waals surface area contributed by atoms with E-state index in [0.29, 0.717) is 5.02 Å². The first-order valence-electron chi connectivity index (χ1n) is 13.5. The van der Waals surface area contributed by atoms with Gasteiger partial charge in [-0.15, -0.1) is 0 Å². The third-order valence-electron chi connectivity index (χ3n) is 7.70. The SMILES string of the molecule is Clc1cc(C(c2ccccc2)(c2ccccc2)c2ccccc2Cl)ccc1C(c1ccccc1)c1ccccc1. The van der Waals surface area contributed by atoms with Gasteiger partial charge in [-0.3, -0.25) is 0 Å². The molecule has 6 aromatic rings. The Bertz CT molecular complexity index is 1620. The highest BCUT2D eigenvalue weighted by molar-refractivity contribution is 6.32. The molecule has 0 bridgehead atoms. The molecule has 0 saturated carbocycles. The van der Waals surface area contributed by atoms with Crippen molar-refractivity contribution in [3.8, 4) is 0 Å². The van der Waals surface area contributed by atoms with Crippen LogP contribution >= 0.6 is 23.2 Å². The van der Waals surface area contributed by atoms with Gasteiger partial charge < -0.3 is 0 Å². The topological polar surface area (TPSA) is 0 Å². The molecule has 6 aromatic carbocycles. The molecule has 0 aliphatic rings. The summed E-state index contributed by atoms with van der Waals surface area (Å²) in [6.45, 7) is 0. The van der Waals surface area contributed by atoms with Crippen LogP contribution in [0.15, 0.2) is 164 Å². The van der Waals surface area contributed by atoms with E-state index in [1.807, 2.05) is 36.4 Å². The first-order chi connectivity index (χ1) is 19.7. The van der Waals surface area contributed by atoms with Crippen LogP contribution in [0.3, 0.4) is 0 Å². The average molecular weight is 556 g/mol. The normalized spacial score (nSPS) is 11.5. The predicted octanol–water partition coefficient (Wildman–Crippen LogP) is 10.6. The quantitative estimate of drug-likeness (QED) is 0.172. The lowest BCUT2D eigenvalue weighted by molar-refractivity contribution is 0.744. The van der Waals surface area contributed by atoms with Crippen molar-refractivity contribution in [2.45, 2.75) is 11.3 Å². The van der Waals surface area contributed by atoms with E-state index in [4.69, 9.17) is 23.2 Å². The molecule has 194 valence electrons. The summed E-state index contributed by atoms with van der Waals surface area (Å²) in [5, 5.41) is 1.43. The summed E-state index contributed by atoms with van der Waals surface area (Å²) < 4.78 is 0. The Kier molecular flexibility index (Phi) is 7.55. The van der Waals surface area contributed by atoms with Crippen LogP contribution in [0.4, 0.5) is 0 Å². The Balaban J connectivity index is 1.63. The van der Waals surface area contributed by atoms with Gasteiger partial charge in [0.1, 0.15) is 0 Å². The summed E-state index contributed by atoms with van der Waals surface area (Å²) in [6.07, 6.45) is 0. The standard InChI is InChI=1S/C38H28Cl2/c39-35-24-14-13-23-34(35)38(30-19-9-3-10-20-30,31-21-11-4-12-22-31)32-25-26-33(36(40)27-32)37(28-15-5-1-6-16-28)29-17-7-2-8-18-29/h1-27,37H. The van der Waals surface area contributed by atoms with E-state index < -0.39 is 5.41 Å². The fourth-order valence-electron chi connectivity index (χ4n) is 5.95. The summed E-state index contributed by atoms with van der Waals surface area (Å²) in [4.78, 5) is 0. The summed E-state index contributed by atoms with van der Waals surface area (Å²) in [7, 11) is 0. The van der Waals surface area contributed by atoms with Gasteiger partial charge in [-0.05, 0) is 51.1 Å². The molecule has 2 heteroatoms. The van der Waals surface area contributed by atoms with Crippen molar-refractivity contribution in [3.05, 3.63) is 213 Å². The first-order valence-corrected chi connectivity index (χ1v) is 14.2. The molecule has 0 fully saturated rings. The molecular formula is C38H28Cl2. The van der Waals surface area contributed by atoms with E-state index in [0.717, 1.165) is 32.8 Å². The number of hydrogen-bond donors (Lipinski definition) is 0. The zero-order chi connectivity index (χ0) is 27.4. The van der Waals surface area contributed by atoms with Crippen molar-refractivity contribution in [2.75, 3.05) is 0 Å². The van der Waals surface area contributed by atoms with Gasteiger partial charge in [0.25, 0.3) is 0 Å². The highest BCUT2D eigenvalue weighted by atomic mass is 35.5. The van der Waals surface area contributed by atoms with Crippen LogP contribution in [0.25, 0.3) is 0 Å². The molecule has 0 aliphatic heterocycles. The van der Waals surface area contributed by atoms with Crippen molar-refractivity contribution < 1.29 is 0 Å². The zero-order valence-corrected chi connectivity index (χ0v) is 23.4. The molecule has 40 heavy (non-hydrogen) atoms. The van der Waals surface area contributed by atoms with Crippen LogP contribution in [-0.4, -0.2) is 0 Å². The number of rotatable bonds is 7. The van der Waals surface area contributed by atoms with Gasteiger partial charge in [-0.1, -0.05) is 175 Å². The highest BCUT2D eigenvalue weighted by Gasteiger charge is 2.40. The van der Waals surface area contributed by atoms with Gasteiger partial charge in [0.15, 0.2) is 0 Å². The lowest BCUT2D eigenvalue weighted by Gasteiger charge is -2.38. The maximum absolute atomic E-state index is 7.30. The Morgan fingerprint density at radius 3 is 1.32 bits per heavy atom. The predicted molar refractivity (Wildman–Crippen MR) is 169 cm³/mol. The van der Waals surface area contributed by atoms with E-state index in [1.165, 1.54) is 11.1 Å². The van der Waals surface area contributed by atoms with E-state index in [2.05, 4.69) is 127 Å². The number of benzene rings is 6. The van der Waals surface area contributed by atoms with Crippen LogP contribution in [0.2, 0.25) is 10.0 Å². The average Bonchev–Trinajstić information content (AvgIpc) is 3.02. The van der Waals surface area contributed by atoms with Crippen molar-refractivity contribution in [2.24, 2.45) is 0 Å². The van der Waals surface area contributed by atoms with Gasteiger partial charge in [-0.25, -0.2) is 0 Å². The molecule has 0 atom stereocenters. The highest BCUT2D eigenvalue weighted by Crippen LogP contribution is 2.49. The fraction of sp³-hybridized carbons (Fsp3) is 0.0526. The smallest absolute Gasteiger partial charge is 0.0716 e. The lowest BCUT2D eigenvalue weighted by Crippen LogP contribution is -2.31. The third kappa shape index (κ3) is 4.75. The second-order valence-electron chi connectivity index (χ2n) is 9.95. The second kappa shape index (κ2) is 11.6. The monoisotopic (exact) mass is 554 g/mol. The second-order valence-corrected chi connectivity index (χ2v) is 10.8. The maximum atomic E-state index is 7.30. The van der Waals surface area contributed by atoms with Crippen molar-refractivity contribution >= 4 is 23.2 Å². The molecule has 0 radical (unpaired) electrons. The molecule has 0 spiro atoms. The third-order valence-corrected chi connectivity index (χ3v) is 8.36. The van der Waals surface area contributed by atoms with Crippen molar-refractivity contribution in [1.82, 2.24) is 0 Å². The van der Waals surface area contributed by atoms with Crippen LogP contribution in [0.5, 0.6) is 0 Å². The summed E-state index contributed by atoms with van der Waals surface area (Å²) in [5.74, 6) is 0.00659. The minimum atomic E-state index is -0.669. The van der Waals surface area contributed by atoms with Crippen LogP contribution in [0, 0.1) is 0 Å². The Labute approximate surface area is 246 Å². The molecule has 0 N–H and O–H groups in total. The van der Waals surface area contributed by atoms with Crippen LogP contribution in [0.1, 0.15) is 44.9 Å². The summed E-state index contributed by atoms with van der Waals surface area (Å²) in [6, 6.07) is 56.9. The summed E-state index contributed by atoms with van der Waals surface area (Å²) >= 11 is 14.3. The molecule has 0 aromatic heterocycles. The lowest BCUT2D eigenvalue weighted by atomic mass is 9.65. The Hall–Kier alpha value is -4.10. The Morgan fingerprint density at radius 1 is 0.400 bits per heavy atom. The van der Waals surface area contributed by atoms with Gasteiger partial charge >= 0.3 is 0 Å². The van der Waals surface area contributed by atoms with E-state index in [-0.39, 0.29) is 5.92 Å². The molecule has 0 heterocycles. The zero-order valence-electron chi connectivity index (χ0n) is 21.9. The van der Waals surface area contributed by atoms with Crippen molar-refractivity contribution in [3.63, 3.8) is 0 Å². The van der Waals surface area contributed by atoms with Gasteiger partial charge in [0.2, 0.25) is 0 Å². The van der Waals surface area contributed by atoms with Gasteiger partial charge in [0, 0.05) is 16.0 Å². The van der Waals surface area contributed by atoms with Crippen molar-refractivity contribution in [1.29, 1.82) is 0 Å². The van der Waals surface area contributed by atoms with Gasteiger partial charge in [-0.2, -0.15) is 0 Å². The molecule has 0 saturated heterocycles. The van der Waals surface area contributed by atoms with E-state index in [9.17, 15) is 0 Å². The summed E-state index contributed by atoms with van der Waals surface area (Å²) in [5.41, 5.74) is 7.13. The maximum Gasteiger partial charge on any atom is 0.0716 e. The van der Waals surface area contributed by atoms with Gasteiger partial charge in [0.05, 0.1) is 5.41 Å². The molecular weight excluding hydrogens is 527 g/mol. The molecule has 0 aliphatic carbocycles. The number of hydrogen-bond acceptors (Lipinski definition) is 0. The molecule has 0 unspecified atom stereocenters. The number of halogens is 2.